The normalized spacial score (nSPS) is 18.6. The molecule has 2 aliphatic rings. The number of hydrogen-bond donors (Lipinski definition) is 0. The Labute approximate surface area is 155 Å². The van der Waals surface area contributed by atoms with Crippen molar-refractivity contribution in [2.45, 2.75) is 12.3 Å². The van der Waals surface area contributed by atoms with E-state index in [-0.39, 0.29) is 29.1 Å². The van der Waals surface area contributed by atoms with Crippen LogP contribution < -0.4 is 9.47 Å². The predicted molar refractivity (Wildman–Crippen MR) is 95.1 cm³/mol. The number of carbonyl (C=O) groups is 3. The van der Waals surface area contributed by atoms with Gasteiger partial charge in [-0.3, -0.25) is 14.4 Å². The van der Waals surface area contributed by atoms with Gasteiger partial charge in [-0.25, -0.2) is 0 Å². The first-order valence-corrected chi connectivity index (χ1v) is 8.40. The highest BCUT2D eigenvalue weighted by atomic mass is 16.5. The Kier molecular flexibility index (Phi) is 4.03. The minimum atomic E-state index is -0.656. The molecular formula is C21H16O6. The van der Waals surface area contributed by atoms with E-state index < -0.39 is 17.7 Å². The molecule has 0 aromatic heterocycles. The van der Waals surface area contributed by atoms with Crippen LogP contribution in [0.1, 0.15) is 38.6 Å². The van der Waals surface area contributed by atoms with E-state index in [4.69, 9.17) is 14.2 Å². The van der Waals surface area contributed by atoms with Crippen LogP contribution >= 0.6 is 0 Å². The fourth-order valence-electron chi connectivity index (χ4n) is 3.59. The van der Waals surface area contributed by atoms with Gasteiger partial charge in [0.1, 0.15) is 11.5 Å². The van der Waals surface area contributed by atoms with Crippen LogP contribution in [0.2, 0.25) is 0 Å². The highest BCUT2D eigenvalue weighted by Crippen LogP contribution is 2.44. The number of hydrogen-bond acceptors (Lipinski definition) is 6. The Morgan fingerprint density at radius 2 is 1.63 bits per heavy atom. The molecule has 2 aromatic rings. The molecule has 0 spiro atoms. The number of allylic oxidation sites excluding steroid dienone is 2. The van der Waals surface area contributed by atoms with Gasteiger partial charge >= 0.3 is 5.97 Å². The molecule has 1 heterocycles. The topological polar surface area (TPSA) is 78.9 Å². The monoisotopic (exact) mass is 364 g/mol. The molecule has 0 unspecified atom stereocenters. The number of carbonyl (C=O) groups excluding carboxylic acids is 3. The standard InChI is InChI=1S/C21H16O6/c1-25-11-7-8-16(26-2)14(9-11)15-10-17(22)27-21-18(15)19(23)12-5-3-4-6-13(12)20(21)24/h3-9,15H,10H2,1-2H3/t15-/m0/s1. The van der Waals surface area contributed by atoms with E-state index in [0.717, 1.165) is 0 Å². The highest BCUT2D eigenvalue weighted by molar-refractivity contribution is 6.27. The van der Waals surface area contributed by atoms with E-state index in [1.165, 1.54) is 14.2 Å². The van der Waals surface area contributed by atoms with Crippen molar-refractivity contribution < 1.29 is 28.6 Å². The summed E-state index contributed by atoms with van der Waals surface area (Å²) < 4.78 is 15.9. The van der Waals surface area contributed by atoms with Gasteiger partial charge in [0.05, 0.1) is 26.2 Å². The largest absolute Gasteiger partial charge is 0.497 e. The van der Waals surface area contributed by atoms with Crippen LogP contribution in [0.3, 0.4) is 0 Å². The van der Waals surface area contributed by atoms with Crippen molar-refractivity contribution >= 4 is 17.5 Å². The maximum Gasteiger partial charge on any atom is 0.312 e. The lowest BCUT2D eigenvalue weighted by molar-refractivity contribution is -0.140. The summed E-state index contributed by atoms with van der Waals surface area (Å²) in [5.74, 6) is -1.13. The first kappa shape index (κ1) is 17.0. The lowest BCUT2D eigenvalue weighted by Crippen LogP contribution is -2.33. The third kappa shape index (κ3) is 2.61. The second-order valence-corrected chi connectivity index (χ2v) is 6.29. The van der Waals surface area contributed by atoms with E-state index in [1.807, 2.05) is 0 Å². The molecular weight excluding hydrogens is 348 g/mol. The van der Waals surface area contributed by atoms with Crippen molar-refractivity contribution in [3.63, 3.8) is 0 Å². The van der Waals surface area contributed by atoms with E-state index in [0.29, 0.717) is 22.6 Å². The third-order valence-corrected chi connectivity index (χ3v) is 4.86. The Morgan fingerprint density at radius 3 is 2.30 bits per heavy atom. The number of benzene rings is 2. The van der Waals surface area contributed by atoms with E-state index in [2.05, 4.69) is 0 Å². The number of Topliss-reactive ketones (excluding diaryl/α,β-unsaturated/α-hetero) is 2. The molecule has 136 valence electrons. The van der Waals surface area contributed by atoms with Crippen LogP contribution in [0, 0.1) is 0 Å². The molecule has 1 atom stereocenters. The van der Waals surface area contributed by atoms with Crippen LogP contribution in [-0.2, 0) is 9.53 Å². The van der Waals surface area contributed by atoms with Crippen LogP contribution in [0.5, 0.6) is 11.5 Å². The molecule has 27 heavy (non-hydrogen) atoms. The zero-order valence-electron chi connectivity index (χ0n) is 14.8. The Balaban J connectivity index is 1.93. The molecule has 6 nitrogen and oxygen atoms in total. The van der Waals surface area contributed by atoms with Crippen LogP contribution in [0.25, 0.3) is 0 Å². The predicted octanol–water partition coefficient (Wildman–Crippen LogP) is 3.07. The highest BCUT2D eigenvalue weighted by Gasteiger charge is 2.43. The second kappa shape index (κ2) is 6.39. The van der Waals surface area contributed by atoms with Gasteiger partial charge in [-0.05, 0) is 18.2 Å². The molecule has 0 amide bonds. The summed E-state index contributed by atoms with van der Waals surface area (Å²) in [4.78, 5) is 38.2. The molecule has 1 aliphatic carbocycles. The Hall–Kier alpha value is -3.41. The number of esters is 1. The summed E-state index contributed by atoms with van der Waals surface area (Å²) in [6.07, 6.45) is -0.0659. The zero-order chi connectivity index (χ0) is 19.1. The van der Waals surface area contributed by atoms with E-state index >= 15 is 0 Å². The van der Waals surface area contributed by atoms with Crippen molar-refractivity contribution in [1.29, 1.82) is 0 Å². The molecule has 0 radical (unpaired) electrons. The molecule has 1 aliphatic heterocycles. The van der Waals surface area contributed by atoms with Crippen molar-refractivity contribution in [1.82, 2.24) is 0 Å². The summed E-state index contributed by atoms with van der Waals surface area (Å²) in [5, 5.41) is 0. The van der Waals surface area contributed by atoms with Crippen LogP contribution in [-0.4, -0.2) is 31.8 Å². The fraction of sp³-hybridized carbons (Fsp3) is 0.190. The minimum Gasteiger partial charge on any atom is -0.497 e. The maximum absolute atomic E-state index is 13.2. The minimum absolute atomic E-state index is 0.0659. The van der Waals surface area contributed by atoms with Gasteiger partial charge in [0.2, 0.25) is 5.78 Å². The number of rotatable bonds is 3. The van der Waals surface area contributed by atoms with Gasteiger partial charge in [-0.15, -0.1) is 0 Å². The fourth-order valence-corrected chi connectivity index (χ4v) is 3.59. The summed E-state index contributed by atoms with van der Waals surface area (Å²) in [6, 6.07) is 11.7. The van der Waals surface area contributed by atoms with Crippen LogP contribution in [0.15, 0.2) is 53.8 Å². The first-order chi connectivity index (χ1) is 13.0. The summed E-state index contributed by atoms with van der Waals surface area (Å²) in [5.41, 5.74) is 1.34. The molecule has 0 bridgehead atoms. The Morgan fingerprint density at radius 1 is 0.926 bits per heavy atom. The van der Waals surface area contributed by atoms with Gasteiger partial charge in [-0.2, -0.15) is 0 Å². The number of ether oxygens (including phenoxy) is 3. The van der Waals surface area contributed by atoms with Gasteiger partial charge in [0, 0.05) is 22.6 Å². The molecule has 0 N–H and O–H groups in total. The van der Waals surface area contributed by atoms with Gasteiger partial charge in [0.25, 0.3) is 0 Å². The van der Waals surface area contributed by atoms with E-state index in [9.17, 15) is 14.4 Å². The van der Waals surface area contributed by atoms with Crippen molar-refractivity contribution in [2.75, 3.05) is 14.2 Å². The number of ketones is 2. The lowest BCUT2D eigenvalue weighted by Gasteiger charge is -2.30. The number of fused-ring (bicyclic) bond motifs is 1. The quantitative estimate of drug-likeness (QED) is 0.779. The molecule has 2 aromatic carbocycles. The van der Waals surface area contributed by atoms with Crippen molar-refractivity contribution in [3.8, 4) is 11.5 Å². The molecule has 0 saturated heterocycles. The Bertz CT molecular complexity index is 1020. The summed E-state index contributed by atoms with van der Waals surface area (Å²) in [6.45, 7) is 0. The van der Waals surface area contributed by atoms with Gasteiger partial charge in [0.15, 0.2) is 11.5 Å². The maximum atomic E-state index is 13.2. The average molecular weight is 364 g/mol. The van der Waals surface area contributed by atoms with Gasteiger partial charge in [-0.1, -0.05) is 24.3 Å². The molecule has 0 saturated carbocycles. The van der Waals surface area contributed by atoms with Crippen LogP contribution in [0.4, 0.5) is 0 Å². The average Bonchev–Trinajstić information content (AvgIpc) is 2.70. The zero-order valence-corrected chi connectivity index (χ0v) is 14.8. The summed E-state index contributed by atoms with van der Waals surface area (Å²) >= 11 is 0. The smallest absolute Gasteiger partial charge is 0.312 e. The molecule has 4 rings (SSSR count). The lowest BCUT2D eigenvalue weighted by atomic mass is 9.76. The summed E-state index contributed by atoms with van der Waals surface area (Å²) in [7, 11) is 3.03. The molecule has 6 heteroatoms. The SMILES string of the molecule is COc1ccc(OC)c([C@@H]2CC(=O)OC3=C2C(=O)c2ccccc2C3=O)c1. The van der Waals surface area contributed by atoms with Crippen molar-refractivity contribution in [3.05, 3.63) is 70.5 Å². The second-order valence-electron chi connectivity index (χ2n) is 6.29. The third-order valence-electron chi connectivity index (χ3n) is 4.86. The first-order valence-electron chi connectivity index (χ1n) is 8.40. The van der Waals surface area contributed by atoms with E-state index in [1.54, 1.807) is 42.5 Å². The number of methoxy groups -OCH3 is 2. The van der Waals surface area contributed by atoms with Gasteiger partial charge < -0.3 is 14.2 Å². The van der Waals surface area contributed by atoms with Crippen molar-refractivity contribution in [2.24, 2.45) is 0 Å². The molecule has 0 fully saturated rings.